The zero-order chi connectivity index (χ0) is 22.6. The average molecular weight is 469 g/mol. The third-order valence-corrected chi connectivity index (χ3v) is 7.77. The molecule has 3 rings (SSSR count). The second-order valence-electron chi connectivity index (χ2n) is 7.33. The number of amides is 1. The number of benzene rings is 1. The molecule has 2 heterocycles. The van der Waals surface area contributed by atoms with Crippen LogP contribution in [0.25, 0.3) is 11.5 Å². The van der Waals surface area contributed by atoms with Crippen molar-refractivity contribution in [2.45, 2.75) is 50.0 Å². The van der Waals surface area contributed by atoms with Gasteiger partial charge in [-0.2, -0.15) is 4.31 Å². The highest BCUT2D eigenvalue weighted by atomic mass is 32.2. The fourth-order valence-corrected chi connectivity index (χ4v) is 5.65. The number of sulfonamides is 1. The van der Waals surface area contributed by atoms with E-state index >= 15 is 0 Å². The summed E-state index contributed by atoms with van der Waals surface area (Å²) in [4.78, 5) is 14.5. The molecule has 1 fully saturated rings. The Kier molecular flexibility index (Phi) is 7.73. The van der Waals surface area contributed by atoms with E-state index in [9.17, 15) is 13.2 Å². The highest BCUT2D eigenvalue weighted by Crippen LogP contribution is 2.26. The second-order valence-corrected chi connectivity index (χ2v) is 10.2. The summed E-state index contributed by atoms with van der Waals surface area (Å²) < 4.78 is 38.2. The summed E-state index contributed by atoms with van der Waals surface area (Å²) in [7, 11) is -3.59. The highest BCUT2D eigenvalue weighted by Gasteiger charge is 2.26. The van der Waals surface area contributed by atoms with Gasteiger partial charge in [0.2, 0.25) is 21.8 Å². The molecule has 0 saturated carbocycles. The maximum Gasteiger partial charge on any atom is 0.277 e. The Morgan fingerprint density at radius 3 is 2.52 bits per heavy atom. The summed E-state index contributed by atoms with van der Waals surface area (Å²) in [6, 6.07) is 6.43. The second kappa shape index (κ2) is 10.1. The number of ether oxygens (including phenoxy) is 1. The van der Waals surface area contributed by atoms with Crippen molar-refractivity contribution in [1.29, 1.82) is 0 Å². The molecule has 1 aromatic heterocycles. The number of morpholine rings is 1. The van der Waals surface area contributed by atoms with Gasteiger partial charge in [0.25, 0.3) is 5.22 Å². The van der Waals surface area contributed by atoms with Gasteiger partial charge in [0.1, 0.15) is 0 Å². The predicted octanol–water partition coefficient (Wildman–Crippen LogP) is 2.50. The fraction of sp³-hybridized carbons (Fsp3) is 0.550. The van der Waals surface area contributed by atoms with Crippen LogP contribution in [0.4, 0.5) is 0 Å². The Hall–Kier alpha value is -1.95. The summed E-state index contributed by atoms with van der Waals surface area (Å²) in [5.41, 5.74) is 0.509. The van der Waals surface area contributed by atoms with E-state index < -0.39 is 10.0 Å². The average Bonchev–Trinajstić information content (AvgIpc) is 3.21. The maximum absolute atomic E-state index is 12.8. The van der Waals surface area contributed by atoms with E-state index in [1.165, 1.54) is 10.4 Å². The van der Waals surface area contributed by atoms with Crippen LogP contribution in [0, 0.1) is 0 Å². The van der Waals surface area contributed by atoms with Gasteiger partial charge in [0, 0.05) is 31.7 Å². The summed E-state index contributed by atoms with van der Waals surface area (Å²) in [6.45, 7) is 9.39. The van der Waals surface area contributed by atoms with Crippen molar-refractivity contribution in [3.8, 4) is 11.5 Å². The molecule has 11 heteroatoms. The van der Waals surface area contributed by atoms with Crippen LogP contribution in [-0.2, 0) is 19.6 Å². The Balaban J connectivity index is 1.68. The molecule has 0 aliphatic carbocycles. The quantitative estimate of drug-likeness (QED) is 0.544. The molecule has 9 nitrogen and oxygen atoms in total. The van der Waals surface area contributed by atoms with Gasteiger partial charge in [-0.1, -0.05) is 31.7 Å². The van der Waals surface area contributed by atoms with Crippen LogP contribution in [0.5, 0.6) is 0 Å². The highest BCUT2D eigenvalue weighted by molar-refractivity contribution is 7.99. The van der Waals surface area contributed by atoms with Crippen LogP contribution in [-0.4, -0.2) is 77.9 Å². The van der Waals surface area contributed by atoms with Crippen molar-refractivity contribution in [2.24, 2.45) is 0 Å². The van der Waals surface area contributed by atoms with Crippen molar-refractivity contribution < 1.29 is 22.4 Å². The van der Waals surface area contributed by atoms with E-state index in [2.05, 4.69) is 10.2 Å². The lowest BCUT2D eigenvalue weighted by atomic mass is 10.2. The molecule has 170 valence electrons. The zero-order valence-electron chi connectivity index (χ0n) is 18.1. The van der Waals surface area contributed by atoms with Crippen molar-refractivity contribution >= 4 is 27.7 Å². The third-order valence-electron chi connectivity index (χ3n) is 4.92. The first kappa shape index (κ1) is 23.7. The Morgan fingerprint density at radius 1 is 1.19 bits per heavy atom. The lowest BCUT2D eigenvalue weighted by molar-refractivity contribution is -0.140. The van der Waals surface area contributed by atoms with E-state index in [1.54, 1.807) is 36.9 Å². The first-order valence-corrected chi connectivity index (χ1v) is 12.7. The van der Waals surface area contributed by atoms with Gasteiger partial charge >= 0.3 is 0 Å². The Labute approximate surface area is 187 Å². The zero-order valence-corrected chi connectivity index (χ0v) is 19.8. The van der Waals surface area contributed by atoms with Crippen molar-refractivity contribution in [1.82, 2.24) is 19.4 Å². The van der Waals surface area contributed by atoms with Gasteiger partial charge in [-0.25, -0.2) is 8.42 Å². The third kappa shape index (κ3) is 5.65. The van der Waals surface area contributed by atoms with Gasteiger partial charge in [0.05, 0.1) is 22.9 Å². The number of hydrogen-bond donors (Lipinski definition) is 0. The number of carbonyl (C=O) groups excluding carboxylic acids is 1. The summed E-state index contributed by atoms with van der Waals surface area (Å²) in [6.07, 6.45) is 0.0141. The molecule has 1 amide bonds. The molecule has 1 saturated heterocycles. The van der Waals surface area contributed by atoms with Gasteiger partial charge in [-0.3, -0.25) is 4.79 Å². The first-order valence-electron chi connectivity index (χ1n) is 10.2. The molecule has 2 atom stereocenters. The minimum absolute atomic E-state index is 0.00704. The van der Waals surface area contributed by atoms with Crippen LogP contribution >= 0.6 is 11.8 Å². The number of thioether (sulfide) groups is 1. The Bertz CT molecular complexity index is 997. The monoisotopic (exact) mass is 468 g/mol. The van der Waals surface area contributed by atoms with Crippen LogP contribution in [0.3, 0.4) is 0 Å². The molecular weight excluding hydrogens is 440 g/mol. The molecule has 0 spiro atoms. The van der Waals surface area contributed by atoms with E-state index in [4.69, 9.17) is 9.15 Å². The first-order chi connectivity index (χ1) is 14.7. The number of aromatic nitrogens is 2. The lowest BCUT2D eigenvalue weighted by Crippen LogP contribution is -2.48. The fourth-order valence-electron chi connectivity index (χ4n) is 3.48. The minimum Gasteiger partial charge on any atom is -0.411 e. The molecular formula is C20H28N4O5S2. The lowest BCUT2D eigenvalue weighted by Gasteiger charge is -2.35. The molecule has 0 N–H and O–H groups in total. The number of nitrogens with zero attached hydrogens (tertiary/aromatic N) is 4. The van der Waals surface area contributed by atoms with E-state index in [0.29, 0.717) is 31.7 Å². The van der Waals surface area contributed by atoms with Gasteiger partial charge in [-0.15, -0.1) is 10.2 Å². The van der Waals surface area contributed by atoms with Crippen molar-refractivity contribution in [3.63, 3.8) is 0 Å². The van der Waals surface area contributed by atoms with Gasteiger partial charge < -0.3 is 14.1 Å². The molecule has 2 aromatic rings. The summed E-state index contributed by atoms with van der Waals surface area (Å²) >= 11 is 1.16. The molecule has 0 unspecified atom stereocenters. The van der Waals surface area contributed by atoms with Gasteiger partial charge in [-0.05, 0) is 32.0 Å². The largest absolute Gasteiger partial charge is 0.411 e. The van der Waals surface area contributed by atoms with E-state index in [0.717, 1.165) is 11.8 Å². The predicted molar refractivity (Wildman–Crippen MR) is 117 cm³/mol. The molecule has 1 aliphatic heterocycles. The van der Waals surface area contributed by atoms with Crippen molar-refractivity contribution in [3.05, 3.63) is 24.3 Å². The molecule has 1 aromatic carbocycles. The number of hydrogen-bond acceptors (Lipinski definition) is 8. The summed E-state index contributed by atoms with van der Waals surface area (Å²) in [5.74, 6) is 0.372. The molecule has 31 heavy (non-hydrogen) atoms. The molecule has 0 bridgehead atoms. The van der Waals surface area contributed by atoms with Crippen LogP contribution in [0.15, 0.2) is 38.8 Å². The summed E-state index contributed by atoms with van der Waals surface area (Å²) in [5, 5.41) is 8.27. The van der Waals surface area contributed by atoms with Crippen molar-refractivity contribution in [2.75, 3.05) is 31.9 Å². The number of carbonyl (C=O) groups is 1. The molecule has 1 aliphatic rings. The topological polar surface area (TPSA) is 106 Å². The van der Waals surface area contributed by atoms with E-state index in [1.807, 2.05) is 13.8 Å². The molecule has 0 radical (unpaired) electrons. The van der Waals surface area contributed by atoms with Crippen LogP contribution in [0.1, 0.15) is 27.7 Å². The van der Waals surface area contributed by atoms with Crippen LogP contribution in [0.2, 0.25) is 0 Å². The maximum atomic E-state index is 12.8. The number of rotatable bonds is 8. The standard InChI is InChI=1S/C20H28N4O5S2/c1-5-24(6-2)31(26,27)17-9-7-8-16(10-17)19-21-22-20(29-19)30-13-18(25)23-11-14(3)28-15(4)12-23/h7-10,14-15H,5-6,11-13H2,1-4H3/t14-,15-/m1/s1. The Morgan fingerprint density at radius 2 is 1.87 bits per heavy atom. The van der Waals surface area contributed by atoms with Gasteiger partial charge in [0.15, 0.2) is 0 Å². The van der Waals surface area contributed by atoms with E-state index in [-0.39, 0.29) is 39.9 Å². The SMILES string of the molecule is CCN(CC)S(=O)(=O)c1cccc(-c2nnc(SCC(=O)N3C[C@@H](C)O[C@H](C)C3)o2)c1. The normalized spacial score (nSPS) is 19.7. The smallest absolute Gasteiger partial charge is 0.277 e. The minimum atomic E-state index is -3.59. The van der Waals surface area contributed by atoms with Crippen LogP contribution < -0.4 is 0 Å².